The van der Waals surface area contributed by atoms with Crippen molar-refractivity contribution >= 4 is 32.8 Å². The Kier molecular flexibility index (Phi) is 11.6. The second-order valence-corrected chi connectivity index (χ2v) is 20.6. The molecule has 13 aromatic rings. The lowest BCUT2D eigenvalue weighted by Gasteiger charge is -2.20. The summed E-state index contributed by atoms with van der Waals surface area (Å²) < 4.78 is 14.1. The fourth-order valence-corrected chi connectivity index (χ4v) is 11.0. The second kappa shape index (κ2) is 19.0. The van der Waals surface area contributed by atoms with Crippen LogP contribution in [0.4, 0.5) is 0 Å². The van der Waals surface area contributed by atoms with Crippen LogP contribution < -0.4 is 9.30 Å². The van der Waals surface area contributed by atoms with Crippen LogP contribution in [0.5, 0.6) is 11.5 Å². The smallest absolute Gasteiger partial charge is 0.269 e. The van der Waals surface area contributed by atoms with E-state index in [1.54, 1.807) is 0 Å². The first-order chi connectivity index (χ1) is 37.2. The molecule has 0 unspecified atom stereocenters. The van der Waals surface area contributed by atoms with Gasteiger partial charge in [-0.15, -0.1) is 0 Å². The minimum atomic E-state index is -0.0559. The molecule has 364 valence electrons. The van der Waals surface area contributed by atoms with Crippen molar-refractivity contribution in [3.05, 3.63) is 272 Å². The molecule has 5 heteroatoms. The van der Waals surface area contributed by atoms with Crippen LogP contribution in [-0.4, -0.2) is 14.1 Å². The number of ether oxygens (including phenoxy) is 1. The zero-order valence-electron chi connectivity index (χ0n) is 42.9. The summed E-state index contributed by atoms with van der Waals surface area (Å²) in [5, 5.41) is 2.28. The largest absolute Gasteiger partial charge is 0.457 e. The van der Waals surface area contributed by atoms with Gasteiger partial charge in [0.2, 0.25) is 0 Å². The van der Waals surface area contributed by atoms with Gasteiger partial charge in [0.05, 0.1) is 33.4 Å². The third-order valence-corrected chi connectivity index (χ3v) is 14.8. The van der Waals surface area contributed by atoms with E-state index in [2.05, 4.69) is 296 Å². The highest BCUT2D eigenvalue weighted by Gasteiger charge is 2.23. The van der Waals surface area contributed by atoms with Gasteiger partial charge in [0.25, 0.3) is 6.33 Å². The van der Waals surface area contributed by atoms with Gasteiger partial charge in [0.1, 0.15) is 17.3 Å². The van der Waals surface area contributed by atoms with E-state index in [0.717, 1.165) is 106 Å². The molecular weight excluding hydrogens is 925 g/mol. The molecule has 0 atom stereocenters. The normalized spacial score (nSPS) is 11.7. The summed E-state index contributed by atoms with van der Waals surface area (Å²) in [6.07, 6.45) is 5.84. The number of hydrogen-bond acceptors (Lipinski definition) is 2. The minimum absolute atomic E-state index is 0.0559. The fourth-order valence-electron chi connectivity index (χ4n) is 11.0. The van der Waals surface area contributed by atoms with Gasteiger partial charge in [-0.05, 0) is 128 Å². The second-order valence-electron chi connectivity index (χ2n) is 20.6. The van der Waals surface area contributed by atoms with Crippen molar-refractivity contribution in [3.8, 4) is 84.3 Å². The molecule has 3 heterocycles. The first kappa shape index (κ1) is 46.2. The number of hydrogen-bond donors (Lipinski definition) is 0. The predicted octanol–water partition coefficient (Wildman–Crippen LogP) is 17.9. The first-order valence-electron chi connectivity index (χ1n) is 26.0. The summed E-state index contributed by atoms with van der Waals surface area (Å²) in [4.78, 5) is 4.99. The van der Waals surface area contributed by atoms with E-state index in [1.165, 1.54) is 11.1 Å². The molecule has 10 aromatic carbocycles. The summed E-state index contributed by atoms with van der Waals surface area (Å²) in [6.45, 7) is 8.97. The molecule has 0 aliphatic heterocycles. The highest BCUT2D eigenvalue weighted by Crippen LogP contribution is 2.44. The number of benzene rings is 10. The first-order valence-corrected chi connectivity index (χ1v) is 26.0. The van der Waals surface area contributed by atoms with Gasteiger partial charge < -0.3 is 4.74 Å². The third-order valence-electron chi connectivity index (χ3n) is 14.8. The third kappa shape index (κ3) is 8.32. The van der Waals surface area contributed by atoms with Crippen LogP contribution in [0, 0.1) is 13.3 Å². The zero-order chi connectivity index (χ0) is 51.3. The summed E-state index contributed by atoms with van der Waals surface area (Å²) in [6, 6.07) is 88.5. The van der Waals surface area contributed by atoms with Gasteiger partial charge >= 0.3 is 0 Å². The summed E-state index contributed by atoms with van der Waals surface area (Å²) in [7, 11) is 0. The standard InChI is InChI=1S/C71H54N4O/c1-48-62(52-28-15-8-16-29-52)42-53(49-22-9-5-10-23-49)43-63(48)61-38-36-55(45-68(61)76-56-37-39-60-59-30-17-18-33-64(59)75(67(60)46-56)69-44-54(40-41-72-69)71(2,3)4)73-47-74(66-35-20-19-34-65(66)73)70-57(50-24-11-6-12-25-50)31-21-32-58(70)51-26-13-7-14-27-51/h5-46H,1-4H3. The molecule has 0 radical (unpaired) electrons. The fraction of sp³-hybridized carbons (Fsp3) is 0.0704. The van der Waals surface area contributed by atoms with Crippen molar-refractivity contribution in [2.75, 3.05) is 0 Å². The van der Waals surface area contributed by atoms with Gasteiger partial charge in [-0.3, -0.25) is 13.7 Å². The van der Waals surface area contributed by atoms with Crippen LogP contribution in [0.1, 0.15) is 31.9 Å². The van der Waals surface area contributed by atoms with E-state index in [4.69, 9.17) is 9.72 Å². The molecule has 3 aromatic heterocycles. The van der Waals surface area contributed by atoms with Gasteiger partial charge in [0.15, 0.2) is 0 Å². The minimum Gasteiger partial charge on any atom is -0.457 e. The zero-order valence-corrected chi connectivity index (χ0v) is 42.9. The Morgan fingerprint density at radius 3 is 1.70 bits per heavy atom. The molecule has 5 nitrogen and oxygen atoms in total. The number of imidazole rings is 1. The monoisotopic (exact) mass is 978 g/mol. The topological polar surface area (TPSA) is 35.9 Å². The molecule has 13 rings (SSSR count). The summed E-state index contributed by atoms with van der Waals surface area (Å²) >= 11 is 0. The maximum Gasteiger partial charge on any atom is 0.269 e. The quantitative estimate of drug-likeness (QED) is 0.101. The van der Waals surface area contributed by atoms with E-state index in [9.17, 15) is 0 Å². The maximum absolute atomic E-state index is 7.43. The Balaban J connectivity index is 1.04. The molecular formula is C71H54N4O. The SMILES string of the molecule is Cc1c(-c2ccccc2)cc(-c2ccccc2)cc1-c1ccc(-n2[c-][n+](-c3c(-c4ccccc4)cccc3-c3ccccc3)c3ccccc32)cc1Oc1ccc2c3ccccc3n(-c3cc(C(C)(C)C)ccn3)c2c1. The van der Waals surface area contributed by atoms with Crippen LogP contribution in [0.2, 0.25) is 0 Å². The lowest BCUT2D eigenvalue weighted by Crippen LogP contribution is -2.31. The van der Waals surface area contributed by atoms with Crippen LogP contribution in [-0.2, 0) is 5.41 Å². The number of para-hydroxylation sites is 4. The number of aromatic nitrogens is 4. The summed E-state index contributed by atoms with van der Waals surface area (Å²) in [5.74, 6) is 2.29. The average molecular weight is 979 g/mol. The molecule has 0 saturated heterocycles. The van der Waals surface area contributed by atoms with E-state index >= 15 is 0 Å². The Morgan fingerprint density at radius 1 is 0.447 bits per heavy atom. The van der Waals surface area contributed by atoms with Crippen molar-refractivity contribution in [1.29, 1.82) is 0 Å². The summed E-state index contributed by atoms with van der Waals surface area (Å²) in [5.41, 5.74) is 19.6. The van der Waals surface area contributed by atoms with Crippen molar-refractivity contribution < 1.29 is 9.30 Å². The number of fused-ring (bicyclic) bond motifs is 4. The van der Waals surface area contributed by atoms with Crippen LogP contribution >= 0.6 is 0 Å². The maximum atomic E-state index is 7.43. The molecule has 0 amide bonds. The average Bonchev–Trinajstić information content (AvgIpc) is 4.04. The number of nitrogens with zero attached hydrogens (tertiary/aromatic N) is 4. The van der Waals surface area contributed by atoms with Gasteiger partial charge in [-0.25, -0.2) is 4.98 Å². The van der Waals surface area contributed by atoms with Crippen LogP contribution in [0.15, 0.2) is 255 Å². The number of pyridine rings is 1. The van der Waals surface area contributed by atoms with Crippen molar-refractivity contribution in [2.45, 2.75) is 33.1 Å². The van der Waals surface area contributed by atoms with Crippen LogP contribution in [0.25, 0.3) is 106 Å². The predicted molar refractivity (Wildman–Crippen MR) is 313 cm³/mol. The molecule has 0 aliphatic carbocycles. The van der Waals surface area contributed by atoms with E-state index < -0.39 is 0 Å². The van der Waals surface area contributed by atoms with Crippen molar-refractivity contribution in [2.24, 2.45) is 0 Å². The molecule has 0 aliphatic rings. The lowest BCUT2D eigenvalue weighted by molar-refractivity contribution is -0.571. The van der Waals surface area contributed by atoms with E-state index in [0.29, 0.717) is 11.5 Å². The molecule has 76 heavy (non-hydrogen) atoms. The molecule has 0 saturated carbocycles. The Morgan fingerprint density at radius 2 is 1.03 bits per heavy atom. The highest BCUT2D eigenvalue weighted by atomic mass is 16.5. The highest BCUT2D eigenvalue weighted by molar-refractivity contribution is 6.09. The van der Waals surface area contributed by atoms with Crippen molar-refractivity contribution in [1.82, 2.24) is 14.1 Å². The molecule has 0 spiro atoms. The van der Waals surface area contributed by atoms with E-state index in [-0.39, 0.29) is 5.41 Å². The molecule has 0 bridgehead atoms. The lowest BCUT2D eigenvalue weighted by atomic mass is 9.88. The van der Waals surface area contributed by atoms with Gasteiger partial charge in [-0.1, -0.05) is 209 Å². The van der Waals surface area contributed by atoms with Crippen LogP contribution in [0.3, 0.4) is 0 Å². The Bertz CT molecular complexity index is 4220. The molecule has 0 fully saturated rings. The molecule has 0 N–H and O–H groups in total. The van der Waals surface area contributed by atoms with E-state index in [1.807, 2.05) is 6.20 Å². The van der Waals surface area contributed by atoms with Gasteiger partial charge in [-0.2, -0.15) is 0 Å². The van der Waals surface area contributed by atoms with Crippen molar-refractivity contribution in [3.63, 3.8) is 0 Å². The number of rotatable bonds is 10. The Hall–Kier alpha value is -9.58. The Labute approximate surface area is 443 Å². The van der Waals surface area contributed by atoms with Gasteiger partial charge in [0, 0.05) is 28.6 Å².